The molecule has 0 spiro atoms. The van der Waals surface area contributed by atoms with Gasteiger partial charge in [-0.2, -0.15) is 18.4 Å². The van der Waals surface area contributed by atoms with E-state index in [4.69, 9.17) is 16.2 Å². The van der Waals surface area contributed by atoms with Gasteiger partial charge in [-0.25, -0.2) is 0 Å². The van der Waals surface area contributed by atoms with Gasteiger partial charge in [0, 0.05) is 23.2 Å². The second kappa shape index (κ2) is 8.17. The largest absolute Gasteiger partial charge is 0.420 e. The molecule has 5 N–H and O–H groups in total. The zero-order valence-corrected chi connectivity index (χ0v) is 19.1. The molecule has 2 aromatic rings. The number of nitrogens with two attached hydrogens (primary N) is 2. The van der Waals surface area contributed by atoms with E-state index in [1.807, 2.05) is 13.8 Å². The monoisotopic (exact) mass is 457 g/mol. The molecule has 1 aliphatic heterocycles. The van der Waals surface area contributed by atoms with E-state index >= 15 is 0 Å². The molecule has 0 amide bonds. The van der Waals surface area contributed by atoms with E-state index in [9.17, 15) is 18.4 Å². The molecule has 1 aromatic carbocycles. The van der Waals surface area contributed by atoms with Gasteiger partial charge in [0.25, 0.3) is 0 Å². The number of benzene rings is 1. The van der Waals surface area contributed by atoms with Crippen molar-refractivity contribution in [1.29, 1.82) is 5.26 Å². The molecule has 3 rings (SSSR count). The number of H-pyrrole nitrogens is 1. The number of nitrogens with zero attached hydrogens (tertiary/aromatic N) is 2. The van der Waals surface area contributed by atoms with E-state index < -0.39 is 22.6 Å². The predicted octanol–water partition coefficient (Wildman–Crippen LogP) is 4.10. The van der Waals surface area contributed by atoms with Gasteiger partial charge in [-0.1, -0.05) is 25.7 Å². The van der Waals surface area contributed by atoms with Crippen LogP contribution in [-0.2, 0) is 11.6 Å². The summed E-state index contributed by atoms with van der Waals surface area (Å²) in [4.78, 5) is 0. The van der Waals surface area contributed by atoms with Crippen LogP contribution in [0.3, 0.4) is 0 Å². The van der Waals surface area contributed by atoms with Crippen LogP contribution >= 0.6 is 0 Å². The molecule has 1 unspecified atom stereocenters. The molecule has 2 heterocycles. The first-order chi connectivity index (χ1) is 15.3. The van der Waals surface area contributed by atoms with Crippen molar-refractivity contribution in [2.75, 3.05) is 6.54 Å². The molecule has 9 heteroatoms. The minimum Gasteiger partial charge on any atom is -0.420 e. The summed E-state index contributed by atoms with van der Waals surface area (Å²) in [6.45, 7) is 9.21. The summed E-state index contributed by atoms with van der Waals surface area (Å²) < 4.78 is 47.4. The lowest BCUT2D eigenvalue weighted by molar-refractivity contribution is -0.137. The molecular formula is C24H26F3N5O. The minimum absolute atomic E-state index is 0.0232. The Labute approximate surface area is 190 Å². The van der Waals surface area contributed by atoms with Crippen LogP contribution in [0.4, 0.5) is 13.2 Å². The molecule has 0 aliphatic carbocycles. The quantitative estimate of drug-likeness (QED) is 0.601. The number of hydrogen-bond donors (Lipinski definition) is 3. The number of halogens is 3. The topological polar surface area (TPSA) is 114 Å². The van der Waals surface area contributed by atoms with E-state index in [0.717, 1.165) is 12.1 Å². The van der Waals surface area contributed by atoms with Crippen LogP contribution in [-0.4, -0.2) is 16.7 Å². The SMILES string of the molecule is Cc1[nH]nc2c1C(c1cc(C#CC(C)(C)CN)cc(C(F)(F)F)c1)(C(C)C)C(C#N)=C(N)O2. The summed E-state index contributed by atoms with van der Waals surface area (Å²) >= 11 is 0. The van der Waals surface area contributed by atoms with Crippen molar-refractivity contribution in [1.82, 2.24) is 10.2 Å². The first-order valence-corrected chi connectivity index (χ1v) is 10.4. The molecule has 33 heavy (non-hydrogen) atoms. The molecule has 0 radical (unpaired) electrons. The first kappa shape index (κ1) is 24.2. The normalized spacial score (nSPS) is 18.3. The maximum absolute atomic E-state index is 13.9. The third kappa shape index (κ3) is 4.05. The summed E-state index contributed by atoms with van der Waals surface area (Å²) in [7, 11) is 0. The van der Waals surface area contributed by atoms with Gasteiger partial charge in [-0.3, -0.25) is 5.10 Å². The molecule has 0 saturated carbocycles. The molecule has 1 aliphatic rings. The van der Waals surface area contributed by atoms with Crippen molar-refractivity contribution < 1.29 is 17.9 Å². The van der Waals surface area contributed by atoms with E-state index in [-0.39, 0.29) is 40.9 Å². The van der Waals surface area contributed by atoms with E-state index in [1.165, 1.54) is 0 Å². The molecule has 1 atom stereocenters. The minimum atomic E-state index is -4.63. The Morgan fingerprint density at radius 3 is 2.45 bits per heavy atom. The lowest BCUT2D eigenvalue weighted by atomic mass is 9.61. The lowest BCUT2D eigenvalue weighted by Crippen LogP contribution is -2.41. The van der Waals surface area contributed by atoms with Gasteiger partial charge in [-0.05, 0) is 50.5 Å². The van der Waals surface area contributed by atoms with Crippen LogP contribution in [0.15, 0.2) is 29.7 Å². The summed E-state index contributed by atoms with van der Waals surface area (Å²) in [5.41, 5.74) is 10.5. The number of rotatable bonds is 3. The van der Waals surface area contributed by atoms with E-state index in [2.05, 4.69) is 28.1 Å². The predicted molar refractivity (Wildman–Crippen MR) is 118 cm³/mol. The maximum Gasteiger partial charge on any atom is 0.416 e. The number of nitrogens with one attached hydrogen (secondary N) is 1. The zero-order valence-electron chi connectivity index (χ0n) is 19.1. The molecular weight excluding hydrogens is 431 g/mol. The number of nitriles is 1. The van der Waals surface area contributed by atoms with Gasteiger partial charge < -0.3 is 16.2 Å². The Kier molecular flexibility index (Phi) is 5.99. The van der Waals surface area contributed by atoms with Crippen LogP contribution in [0.2, 0.25) is 0 Å². The summed E-state index contributed by atoms with van der Waals surface area (Å²) in [5, 5.41) is 17.0. The fraction of sp³-hybridized carbons (Fsp3) is 0.417. The zero-order chi connectivity index (χ0) is 24.8. The third-order valence-corrected chi connectivity index (χ3v) is 5.90. The fourth-order valence-corrected chi connectivity index (χ4v) is 4.15. The number of hydrogen-bond acceptors (Lipinski definition) is 5. The number of ether oxygens (including phenoxy) is 1. The van der Waals surface area contributed by atoms with Crippen LogP contribution in [0, 0.1) is 41.4 Å². The Morgan fingerprint density at radius 1 is 1.24 bits per heavy atom. The van der Waals surface area contributed by atoms with Crippen molar-refractivity contribution in [2.24, 2.45) is 22.8 Å². The smallest absolute Gasteiger partial charge is 0.416 e. The number of allylic oxidation sites excluding steroid dienone is 1. The lowest BCUT2D eigenvalue weighted by Gasteiger charge is -2.41. The highest BCUT2D eigenvalue weighted by molar-refractivity contribution is 5.63. The van der Waals surface area contributed by atoms with Gasteiger partial charge >= 0.3 is 6.18 Å². The van der Waals surface area contributed by atoms with Gasteiger partial charge in [0.1, 0.15) is 11.6 Å². The first-order valence-electron chi connectivity index (χ1n) is 10.4. The summed E-state index contributed by atoms with van der Waals surface area (Å²) in [6.07, 6.45) is -4.63. The highest BCUT2D eigenvalue weighted by Gasteiger charge is 2.51. The Morgan fingerprint density at radius 2 is 1.91 bits per heavy atom. The highest BCUT2D eigenvalue weighted by atomic mass is 19.4. The maximum atomic E-state index is 13.9. The average Bonchev–Trinajstić information content (AvgIpc) is 3.10. The highest BCUT2D eigenvalue weighted by Crippen LogP contribution is 2.53. The van der Waals surface area contributed by atoms with Crippen molar-refractivity contribution in [2.45, 2.75) is 46.2 Å². The molecule has 174 valence electrons. The second-order valence-corrected chi connectivity index (χ2v) is 9.08. The van der Waals surface area contributed by atoms with Crippen LogP contribution in [0.5, 0.6) is 5.88 Å². The molecule has 6 nitrogen and oxygen atoms in total. The Balaban J connectivity index is 2.45. The Hall–Kier alpha value is -3.43. The second-order valence-electron chi connectivity index (χ2n) is 9.08. The average molecular weight is 458 g/mol. The number of aromatic nitrogens is 2. The van der Waals surface area contributed by atoms with E-state index in [0.29, 0.717) is 11.3 Å². The number of alkyl halides is 3. The summed E-state index contributed by atoms with van der Waals surface area (Å²) in [5.74, 6) is 5.35. The van der Waals surface area contributed by atoms with Crippen molar-refractivity contribution >= 4 is 0 Å². The molecule has 0 bridgehead atoms. The number of aryl methyl sites for hydroxylation is 1. The molecule has 0 saturated heterocycles. The van der Waals surface area contributed by atoms with Crippen LogP contribution in [0.1, 0.15) is 55.6 Å². The summed E-state index contributed by atoms with van der Waals surface area (Å²) in [6, 6.07) is 5.70. The van der Waals surface area contributed by atoms with Gasteiger partial charge in [0.15, 0.2) is 0 Å². The Bertz CT molecular complexity index is 1220. The van der Waals surface area contributed by atoms with Crippen molar-refractivity contribution in [3.05, 3.63) is 57.6 Å². The van der Waals surface area contributed by atoms with Gasteiger partial charge in [0.05, 0.1) is 16.5 Å². The van der Waals surface area contributed by atoms with Crippen LogP contribution in [0.25, 0.3) is 0 Å². The number of fused-ring (bicyclic) bond motifs is 1. The van der Waals surface area contributed by atoms with Crippen LogP contribution < -0.4 is 16.2 Å². The molecule has 0 fully saturated rings. The van der Waals surface area contributed by atoms with Crippen molar-refractivity contribution in [3.8, 4) is 23.8 Å². The van der Waals surface area contributed by atoms with Gasteiger partial charge in [-0.15, -0.1) is 5.10 Å². The van der Waals surface area contributed by atoms with Crippen molar-refractivity contribution in [3.63, 3.8) is 0 Å². The van der Waals surface area contributed by atoms with Gasteiger partial charge in [0.2, 0.25) is 11.8 Å². The number of aromatic amines is 1. The molecule has 1 aromatic heterocycles. The fourth-order valence-electron chi connectivity index (χ4n) is 4.15. The van der Waals surface area contributed by atoms with E-state index in [1.54, 1.807) is 26.8 Å². The third-order valence-electron chi connectivity index (χ3n) is 5.90. The standard InChI is InChI=1S/C24H26F3N5O/c1-13(2)23(18(11-28)20(30)33-21-19(23)14(3)31-32-21)16-8-15(6-7-22(4,5)12-29)9-17(10-16)24(25,26)27/h8-10,13H,12,29-30H2,1-5H3,(H,31,32).